The molecule has 1 aromatic heterocycles. The lowest BCUT2D eigenvalue weighted by atomic mass is 10.1. The molecule has 1 aliphatic heterocycles. The van der Waals surface area contributed by atoms with E-state index in [0.29, 0.717) is 28.3 Å². The Morgan fingerprint density at radius 1 is 1.07 bits per heavy atom. The van der Waals surface area contributed by atoms with E-state index in [2.05, 4.69) is 11.4 Å². The molecule has 30 heavy (non-hydrogen) atoms. The third-order valence-corrected chi connectivity index (χ3v) is 4.97. The van der Waals surface area contributed by atoms with Gasteiger partial charge in [-0.2, -0.15) is 5.26 Å². The summed E-state index contributed by atoms with van der Waals surface area (Å²) in [5.41, 5.74) is 2.44. The maximum atomic E-state index is 13.1. The molecule has 6 nitrogen and oxygen atoms in total. The molecule has 0 unspecified atom stereocenters. The van der Waals surface area contributed by atoms with E-state index in [1.165, 1.54) is 11.0 Å². The van der Waals surface area contributed by atoms with Crippen LogP contribution in [0.15, 0.2) is 70.7 Å². The number of rotatable bonds is 3. The van der Waals surface area contributed by atoms with Crippen molar-refractivity contribution in [2.24, 2.45) is 0 Å². The number of para-hydroxylation sites is 1. The van der Waals surface area contributed by atoms with Crippen LogP contribution in [-0.2, 0) is 9.59 Å². The van der Waals surface area contributed by atoms with Crippen LogP contribution in [-0.4, -0.2) is 16.9 Å². The summed E-state index contributed by atoms with van der Waals surface area (Å²) in [6.45, 7) is 1.86. The van der Waals surface area contributed by atoms with E-state index in [1.807, 2.05) is 19.1 Å². The Kier molecular flexibility index (Phi) is 5.00. The topological polar surface area (TPSA) is 86.3 Å². The van der Waals surface area contributed by atoms with Crippen molar-refractivity contribution in [2.75, 3.05) is 4.90 Å². The zero-order valence-electron chi connectivity index (χ0n) is 15.9. The normalized spacial score (nSPS) is 15.3. The van der Waals surface area contributed by atoms with Gasteiger partial charge in [0.2, 0.25) is 0 Å². The van der Waals surface area contributed by atoms with Gasteiger partial charge in [-0.3, -0.25) is 19.8 Å². The molecule has 2 amide bonds. The molecular weight excluding hydrogens is 398 g/mol. The average molecular weight is 413 g/mol. The summed E-state index contributed by atoms with van der Waals surface area (Å²) in [4.78, 5) is 26.9. The van der Waals surface area contributed by atoms with Crippen molar-refractivity contribution in [3.05, 3.63) is 83.1 Å². The molecule has 0 saturated carbocycles. The number of nitrogens with one attached hydrogen (secondary N) is 1. The Morgan fingerprint density at radius 2 is 1.80 bits per heavy atom. The molecule has 4 rings (SSSR count). The predicted molar refractivity (Wildman–Crippen MR) is 116 cm³/mol. The number of aryl methyl sites for hydroxylation is 1. The van der Waals surface area contributed by atoms with Gasteiger partial charge in [-0.15, -0.1) is 0 Å². The second-order valence-electron chi connectivity index (χ2n) is 6.60. The molecule has 0 atom stereocenters. The van der Waals surface area contributed by atoms with Gasteiger partial charge in [-0.1, -0.05) is 30.3 Å². The molecule has 0 radical (unpaired) electrons. The molecule has 146 valence electrons. The Morgan fingerprint density at radius 3 is 2.57 bits per heavy atom. The molecule has 0 spiro atoms. The molecule has 1 fully saturated rings. The summed E-state index contributed by atoms with van der Waals surface area (Å²) < 4.78 is 5.79. The minimum Gasteiger partial charge on any atom is -0.457 e. The molecule has 1 aliphatic rings. The Balaban J connectivity index is 1.71. The van der Waals surface area contributed by atoms with Crippen molar-refractivity contribution in [1.29, 1.82) is 5.26 Å². The van der Waals surface area contributed by atoms with Crippen molar-refractivity contribution < 1.29 is 14.0 Å². The summed E-state index contributed by atoms with van der Waals surface area (Å²) in [5.74, 6) is -0.346. The fourth-order valence-electron chi connectivity index (χ4n) is 3.20. The second-order valence-corrected chi connectivity index (χ2v) is 6.99. The fraction of sp³-hybridized carbons (Fsp3) is 0.0435. The molecule has 0 aliphatic carbocycles. The van der Waals surface area contributed by atoms with Gasteiger partial charge < -0.3 is 4.42 Å². The highest BCUT2D eigenvalue weighted by molar-refractivity contribution is 7.80. The summed E-state index contributed by atoms with van der Waals surface area (Å²) in [7, 11) is 0. The first-order valence-corrected chi connectivity index (χ1v) is 9.47. The SMILES string of the molecule is Cc1ccccc1N1C(=O)/C(=C/c2ccc(-c3ccccc3C#N)o2)C(=O)NC1=S. The van der Waals surface area contributed by atoms with Crippen molar-refractivity contribution in [1.82, 2.24) is 5.32 Å². The maximum Gasteiger partial charge on any atom is 0.270 e. The molecule has 0 bridgehead atoms. The number of carbonyl (C=O) groups excluding carboxylic acids is 2. The maximum absolute atomic E-state index is 13.1. The quantitative estimate of drug-likeness (QED) is 0.399. The van der Waals surface area contributed by atoms with Gasteiger partial charge in [0.25, 0.3) is 11.8 Å². The third-order valence-electron chi connectivity index (χ3n) is 4.68. The van der Waals surface area contributed by atoms with Gasteiger partial charge in [0.1, 0.15) is 17.1 Å². The van der Waals surface area contributed by atoms with Crippen LogP contribution in [0.3, 0.4) is 0 Å². The number of furan rings is 1. The summed E-state index contributed by atoms with van der Waals surface area (Å²) >= 11 is 5.23. The lowest BCUT2D eigenvalue weighted by Gasteiger charge is -2.29. The van der Waals surface area contributed by atoms with Gasteiger partial charge in [-0.25, -0.2) is 0 Å². The van der Waals surface area contributed by atoms with E-state index < -0.39 is 11.8 Å². The first-order chi connectivity index (χ1) is 14.5. The summed E-state index contributed by atoms with van der Waals surface area (Å²) in [6.07, 6.45) is 1.38. The minimum absolute atomic E-state index is 0.0273. The third kappa shape index (κ3) is 3.41. The predicted octanol–water partition coefficient (Wildman–Crippen LogP) is 3.96. The van der Waals surface area contributed by atoms with Crippen molar-refractivity contribution >= 4 is 40.9 Å². The lowest BCUT2D eigenvalue weighted by molar-refractivity contribution is -0.122. The van der Waals surface area contributed by atoms with Crippen LogP contribution < -0.4 is 10.2 Å². The van der Waals surface area contributed by atoms with Gasteiger partial charge >= 0.3 is 0 Å². The number of anilines is 1. The minimum atomic E-state index is -0.592. The fourth-order valence-corrected chi connectivity index (χ4v) is 3.48. The first kappa shape index (κ1) is 19.3. The number of hydrogen-bond donors (Lipinski definition) is 1. The number of benzene rings is 2. The zero-order valence-corrected chi connectivity index (χ0v) is 16.7. The van der Waals surface area contributed by atoms with E-state index in [4.69, 9.17) is 16.6 Å². The Labute approximate surface area is 178 Å². The molecule has 2 heterocycles. The zero-order chi connectivity index (χ0) is 21.3. The number of nitrogens with zero attached hydrogens (tertiary/aromatic N) is 2. The summed E-state index contributed by atoms with van der Waals surface area (Å²) in [5, 5.41) is 11.9. The van der Waals surface area contributed by atoms with Crippen molar-refractivity contribution in [2.45, 2.75) is 6.92 Å². The molecular formula is C23H15N3O3S. The molecule has 2 aromatic carbocycles. The van der Waals surface area contributed by atoms with Crippen molar-refractivity contribution in [3.63, 3.8) is 0 Å². The van der Waals surface area contributed by atoms with Gasteiger partial charge in [-0.05, 0) is 61.1 Å². The monoisotopic (exact) mass is 413 g/mol. The highest BCUT2D eigenvalue weighted by Gasteiger charge is 2.35. The Hall–Kier alpha value is -4.02. The van der Waals surface area contributed by atoms with Crippen LogP contribution in [0.5, 0.6) is 0 Å². The molecule has 3 aromatic rings. The number of carbonyl (C=O) groups is 2. The van der Waals surface area contributed by atoms with Crippen LogP contribution in [0.25, 0.3) is 17.4 Å². The highest BCUT2D eigenvalue weighted by atomic mass is 32.1. The van der Waals surface area contributed by atoms with Crippen LogP contribution in [0, 0.1) is 18.3 Å². The van der Waals surface area contributed by atoms with E-state index in [9.17, 15) is 14.9 Å². The molecule has 7 heteroatoms. The second kappa shape index (κ2) is 7.78. The summed E-state index contributed by atoms with van der Waals surface area (Å²) in [6, 6.07) is 19.7. The van der Waals surface area contributed by atoms with Gasteiger partial charge in [0, 0.05) is 5.56 Å². The van der Waals surface area contributed by atoms with Crippen LogP contribution in [0.2, 0.25) is 0 Å². The lowest BCUT2D eigenvalue weighted by Crippen LogP contribution is -2.54. The number of amides is 2. The average Bonchev–Trinajstić information content (AvgIpc) is 3.21. The van der Waals surface area contributed by atoms with Crippen LogP contribution in [0.4, 0.5) is 5.69 Å². The van der Waals surface area contributed by atoms with Gasteiger partial charge in [0.15, 0.2) is 5.11 Å². The van der Waals surface area contributed by atoms with Crippen LogP contribution in [0.1, 0.15) is 16.9 Å². The number of nitriles is 1. The van der Waals surface area contributed by atoms with E-state index in [1.54, 1.807) is 48.5 Å². The van der Waals surface area contributed by atoms with E-state index in [0.717, 1.165) is 5.56 Å². The standard InChI is InChI=1S/C23H15N3O3S/c1-14-6-2-5-9-19(14)26-22(28)18(21(27)25-23(26)30)12-16-10-11-20(29-16)17-8-4-3-7-15(17)13-24/h2-12H,1H3,(H,25,27,30)/b18-12+. The number of hydrogen-bond acceptors (Lipinski definition) is 5. The van der Waals surface area contributed by atoms with Crippen molar-refractivity contribution in [3.8, 4) is 17.4 Å². The molecule has 1 N–H and O–H groups in total. The highest BCUT2D eigenvalue weighted by Crippen LogP contribution is 2.28. The smallest absolute Gasteiger partial charge is 0.270 e. The Bertz CT molecular complexity index is 1270. The van der Waals surface area contributed by atoms with Gasteiger partial charge in [0.05, 0.1) is 17.3 Å². The largest absolute Gasteiger partial charge is 0.457 e. The van der Waals surface area contributed by atoms with Crippen LogP contribution >= 0.6 is 12.2 Å². The van der Waals surface area contributed by atoms with E-state index in [-0.39, 0.29) is 10.7 Å². The molecule has 1 saturated heterocycles. The first-order valence-electron chi connectivity index (χ1n) is 9.06. The van der Waals surface area contributed by atoms with E-state index >= 15 is 0 Å². The number of thiocarbonyl (C=S) groups is 1.